The molecular formula is C24H23ClF3N3O2. The second-order valence-corrected chi connectivity index (χ2v) is 9.25. The number of aromatic hydroxyl groups is 1. The molecule has 0 aliphatic carbocycles. The Kier molecular flexibility index (Phi) is 6.97. The molecule has 2 N–H and O–H groups in total. The first-order valence-electron chi connectivity index (χ1n) is 10.1. The molecule has 0 saturated heterocycles. The standard InChI is InChI=1S/C24H23ClF3N3O2/c1-23(2,3)11-20(32)30-13-16-10-18(14-4-7-17(25)8-5-14)31-21(22(16)33)15-6-9-19(29-12-15)24(26,27)28/h4-10,12,33H,11,13H2,1-3H3,(H,30,32). The Bertz CT molecular complexity index is 1140. The Hall–Kier alpha value is -3.13. The van der Waals surface area contributed by atoms with Gasteiger partial charge in [0.1, 0.15) is 17.1 Å². The Morgan fingerprint density at radius 1 is 1.06 bits per heavy atom. The number of carbonyl (C=O) groups excluding carboxylic acids is 1. The van der Waals surface area contributed by atoms with Crippen molar-refractivity contribution in [2.24, 2.45) is 5.41 Å². The maximum atomic E-state index is 12.9. The van der Waals surface area contributed by atoms with E-state index in [9.17, 15) is 23.1 Å². The molecule has 0 radical (unpaired) electrons. The number of nitrogens with one attached hydrogen (secondary N) is 1. The summed E-state index contributed by atoms with van der Waals surface area (Å²) in [4.78, 5) is 20.2. The quantitative estimate of drug-likeness (QED) is 0.456. The number of aromatic nitrogens is 2. The van der Waals surface area contributed by atoms with Gasteiger partial charge in [-0.15, -0.1) is 0 Å². The van der Waals surface area contributed by atoms with E-state index in [1.165, 1.54) is 6.07 Å². The number of hydrogen-bond donors (Lipinski definition) is 2. The first-order chi connectivity index (χ1) is 15.3. The van der Waals surface area contributed by atoms with Gasteiger partial charge in [0.2, 0.25) is 5.91 Å². The van der Waals surface area contributed by atoms with E-state index in [4.69, 9.17) is 11.6 Å². The lowest BCUT2D eigenvalue weighted by molar-refractivity contribution is -0.141. The molecule has 0 bridgehead atoms. The van der Waals surface area contributed by atoms with Gasteiger partial charge in [-0.2, -0.15) is 13.2 Å². The summed E-state index contributed by atoms with van der Waals surface area (Å²) in [6.07, 6.45) is -3.28. The zero-order valence-corrected chi connectivity index (χ0v) is 19.1. The first kappa shape index (κ1) is 24.5. The highest BCUT2D eigenvalue weighted by Crippen LogP contribution is 2.35. The minimum Gasteiger partial charge on any atom is -0.505 e. The minimum absolute atomic E-state index is 0.0188. The molecule has 0 spiro atoms. The molecule has 2 aromatic heterocycles. The third kappa shape index (κ3) is 6.44. The van der Waals surface area contributed by atoms with Crippen molar-refractivity contribution in [2.75, 3.05) is 0 Å². The van der Waals surface area contributed by atoms with E-state index in [-0.39, 0.29) is 34.9 Å². The molecule has 0 fully saturated rings. The van der Waals surface area contributed by atoms with Gasteiger partial charge in [0, 0.05) is 40.9 Å². The summed E-state index contributed by atoms with van der Waals surface area (Å²) in [5, 5.41) is 14.2. The van der Waals surface area contributed by atoms with Crippen molar-refractivity contribution in [3.8, 4) is 28.3 Å². The number of pyridine rings is 2. The highest BCUT2D eigenvalue weighted by atomic mass is 35.5. The fraction of sp³-hybridized carbons (Fsp3) is 0.292. The lowest BCUT2D eigenvalue weighted by atomic mass is 9.92. The van der Waals surface area contributed by atoms with Crippen LogP contribution in [0.1, 0.15) is 38.4 Å². The number of rotatable bonds is 5. The van der Waals surface area contributed by atoms with Gasteiger partial charge in [0.15, 0.2) is 0 Å². The fourth-order valence-corrected chi connectivity index (χ4v) is 3.26. The summed E-state index contributed by atoms with van der Waals surface area (Å²) in [7, 11) is 0. The predicted molar refractivity (Wildman–Crippen MR) is 120 cm³/mol. The molecule has 9 heteroatoms. The molecule has 3 aromatic rings. The van der Waals surface area contributed by atoms with Crippen molar-refractivity contribution < 1.29 is 23.1 Å². The molecule has 0 atom stereocenters. The smallest absolute Gasteiger partial charge is 0.433 e. The summed E-state index contributed by atoms with van der Waals surface area (Å²) >= 11 is 5.96. The molecule has 0 saturated carbocycles. The molecule has 174 valence electrons. The maximum absolute atomic E-state index is 12.9. The number of alkyl halides is 3. The second kappa shape index (κ2) is 9.39. The summed E-state index contributed by atoms with van der Waals surface area (Å²) in [6.45, 7) is 5.82. The summed E-state index contributed by atoms with van der Waals surface area (Å²) < 4.78 is 38.7. The average molecular weight is 478 g/mol. The molecule has 0 aliphatic heterocycles. The number of carbonyl (C=O) groups is 1. The Morgan fingerprint density at radius 2 is 1.70 bits per heavy atom. The van der Waals surface area contributed by atoms with E-state index in [1.54, 1.807) is 30.3 Å². The van der Waals surface area contributed by atoms with E-state index >= 15 is 0 Å². The van der Waals surface area contributed by atoms with E-state index in [1.807, 2.05) is 20.8 Å². The molecule has 5 nitrogen and oxygen atoms in total. The molecular weight excluding hydrogens is 455 g/mol. The summed E-state index contributed by atoms with van der Waals surface area (Å²) in [6, 6.07) is 10.5. The predicted octanol–water partition coefficient (Wildman–Crippen LogP) is 6.24. The van der Waals surface area contributed by atoms with E-state index in [0.29, 0.717) is 28.3 Å². The van der Waals surface area contributed by atoms with Crippen LogP contribution in [0.5, 0.6) is 5.75 Å². The highest BCUT2D eigenvalue weighted by Gasteiger charge is 2.32. The second-order valence-electron chi connectivity index (χ2n) is 8.81. The lowest BCUT2D eigenvalue weighted by Crippen LogP contribution is -2.27. The third-order valence-corrected chi connectivity index (χ3v) is 4.96. The van der Waals surface area contributed by atoms with Crippen LogP contribution >= 0.6 is 11.6 Å². The van der Waals surface area contributed by atoms with Gasteiger partial charge in [-0.05, 0) is 35.7 Å². The van der Waals surface area contributed by atoms with Gasteiger partial charge in [0.05, 0.1) is 5.69 Å². The van der Waals surface area contributed by atoms with Crippen LogP contribution < -0.4 is 5.32 Å². The zero-order chi connectivity index (χ0) is 24.4. The summed E-state index contributed by atoms with van der Waals surface area (Å²) in [5.41, 5.74) is 0.515. The van der Waals surface area contributed by atoms with Gasteiger partial charge in [0.25, 0.3) is 0 Å². The molecule has 2 heterocycles. The fourth-order valence-electron chi connectivity index (χ4n) is 3.14. The molecule has 3 rings (SSSR count). The topological polar surface area (TPSA) is 75.1 Å². The normalized spacial score (nSPS) is 12.0. The van der Waals surface area contributed by atoms with Crippen LogP contribution in [0.4, 0.5) is 13.2 Å². The van der Waals surface area contributed by atoms with Crippen LogP contribution in [-0.4, -0.2) is 21.0 Å². The lowest BCUT2D eigenvalue weighted by Gasteiger charge is -2.18. The molecule has 33 heavy (non-hydrogen) atoms. The Labute approximate surface area is 194 Å². The third-order valence-electron chi connectivity index (χ3n) is 4.71. The van der Waals surface area contributed by atoms with Crippen molar-refractivity contribution in [2.45, 2.75) is 39.9 Å². The number of nitrogens with zero attached hydrogens (tertiary/aromatic N) is 2. The SMILES string of the molecule is CC(C)(C)CC(=O)NCc1cc(-c2ccc(Cl)cc2)nc(-c2ccc(C(F)(F)F)nc2)c1O. The van der Waals surface area contributed by atoms with Gasteiger partial charge < -0.3 is 10.4 Å². The van der Waals surface area contributed by atoms with Gasteiger partial charge in [-0.25, -0.2) is 4.98 Å². The molecule has 1 aromatic carbocycles. The van der Waals surface area contributed by atoms with E-state index in [0.717, 1.165) is 12.3 Å². The van der Waals surface area contributed by atoms with Crippen molar-refractivity contribution in [1.29, 1.82) is 0 Å². The van der Waals surface area contributed by atoms with E-state index < -0.39 is 11.9 Å². The Balaban J connectivity index is 2.02. The van der Waals surface area contributed by atoms with Gasteiger partial charge >= 0.3 is 6.18 Å². The Morgan fingerprint density at radius 3 is 2.24 bits per heavy atom. The van der Waals surface area contributed by atoms with Crippen LogP contribution in [0.2, 0.25) is 5.02 Å². The first-order valence-corrected chi connectivity index (χ1v) is 10.5. The van der Waals surface area contributed by atoms with Crippen molar-refractivity contribution in [1.82, 2.24) is 15.3 Å². The highest BCUT2D eigenvalue weighted by molar-refractivity contribution is 6.30. The van der Waals surface area contributed by atoms with Crippen molar-refractivity contribution in [3.63, 3.8) is 0 Å². The van der Waals surface area contributed by atoms with Crippen LogP contribution in [0.25, 0.3) is 22.5 Å². The van der Waals surface area contributed by atoms with Crippen molar-refractivity contribution >= 4 is 17.5 Å². The van der Waals surface area contributed by atoms with Crippen LogP contribution in [0.3, 0.4) is 0 Å². The van der Waals surface area contributed by atoms with Crippen LogP contribution in [-0.2, 0) is 17.5 Å². The summed E-state index contributed by atoms with van der Waals surface area (Å²) in [5.74, 6) is -0.435. The van der Waals surface area contributed by atoms with Crippen LogP contribution in [0, 0.1) is 5.41 Å². The maximum Gasteiger partial charge on any atom is 0.433 e. The van der Waals surface area contributed by atoms with Gasteiger partial charge in [-0.1, -0.05) is 44.5 Å². The van der Waals surface area contributed by atoms with Crippen LogP contribution in [0.15, 0.2) is 48.7 Å². The van der Waals surface area contributed by atoms with Crippen molar-refractivity contribution in [3.05, 3.63) is 64.9 Å². The van der Waals surface area contributed by atoms with E-state index in [2.05, 4.69) is 15.3 Å². The minimum atomic E-state index is -4.58. The van der Waals surface area contributed by atoms with Gasteiger partial charge in [-0.3, -0.25) is 9.78 Å². The average Bonchev–Trinajstić information content (AvgIpc) is 2.72. The molecule has 0 aliphatic rings. The zero-order valence-electron chi connectivity index (χ0n) is 18.3. The number of benzene rings is 1. The number of hydrogen-bond acceptors (Lipinski definition) is 4. The molecule has 1 amide bonds. The number of halogens is 4. The monoisotopic (exact) mass is 477 g/mol. The number of amides is 1. The largest absolute Gasteiger partial charge is 0.505 e. The molecule has 0 unspecified atom stereocenters.